The van der Waals surface area contributed by atoms with E-state index in [0.29, 0.717) is 13.1 Å². The zero-order chi connectivity index (χ0) is 17.7. The summed E-state index contributed by atoms with van der Waals surface area (Å²) in [7, 11) is 0. The van der Waals surface area contributed by atoms with Crippen molar-refractivity contribution in [3.05, 3.63) is 27.8 Å². The third-order valence-corrected chi connectivity index (χ3v) is 4.49. The lowest BCUT2D eigenvalue weighted by atomic mass is 10.1. The number of urea groups is 1. The zero-order valence-corrected chi connectivity index (χ0v) is 16.4. The smallest absolute Gasteiger partial charge is 0.407 e. The molecule has 1 aromatic carbocycles. The van der Waals surface area contributed by atoms with Gasteiger partial charge in [-0.3, -0.25) is 0 Å². The van der Waals surface area contributed by atoms with Gasteiger partial charge in [-0.05, 0) is 68.3 Å². The highest BCUT2D eigenvalue weighted by atomic mass is 127. The quantitative estimate of drug-likeness (QED) is 0.681. The Morgan fingerprint density at radius 1 is 1.29 bits per heavy atom. The molecule has 0 aliphatic carbocycles. The largest absolute Gasteiger partial charge is 0.444 e. The summed E-state index contributed by atoms with van der Waals surface area (Å²) in [5.74, 6) is 0. The molecule has 1 aromatic rings. The second kappa shape index (κ2) is 8.04. The van der Waals surface area contributed by atoms with E-state index in [4.69, 9.17) is 4.74 Å². The van der Waals surface area contributed by atoms with Crippen LogP contribution < -0.4 is 10.6 Å². The van der Waals surface area contributed by atoms with Crippen molar-refractivity contribution in [1.29, 1.82) is 0 Å². The standard InChI is InChI=1S/C17H24IN3O3/c1-17(2,3)24-16(23)19-12-7-6-10-21(11-12)15(22)20-14-9-5-4-8-13(14)18/h4-5,8-9,12H,6-7,10-11H2,1-3H3,(H,19,23)(H,20,22)/t12-/m1/s1. The van der Waals surface area contributed by atoms with Crippen LogP contribution in [-0.4, -0.2) is 41.8 Å². The van der Waals surface area contributed by atoms with Crippen LogP contribution in [0.2, 0.25) is 0 Å². The molecule has 24 heavy (non-hydrogen) atoms. The van der Waals surface area contributed by atoms with Crippen molar-refractivity contribution >= 4 is 40.4 Å². The number of carbonyl (C=O) groups excluding carboxylic acids is 2. The Kier molecular flexibility index (Phi) is 6.31. The molecule has 1 aliphatic rings. The first kappa shape index (κ1) is 18.8. The maximum Gasteiger partial charge on any atom is 0.407 e. The summed E-state index contributed by atoms with van der Waals surface area (Å²) >= 11 is 2.19. The summed E-state index contributed by atoms with van der Waals surface area (Å²) in [6, 6.07) is 7.41. The molecule has 0 bridgehead atoms. The number of likely N-dealkylation sites (tertiary alicyclic amines) is 1. The molecule has 7 heteroatoms. The van der Waals surface area contributed by atoms with Gasteiger partial charge in [0.1, 0.15) is 5.60 Å². The molecular formula is C17H24IN3O3. The number of nitrogens with one attached hydrogen (secondary N) is 2. The van der Waals surface area contributed by atoms with Crippen molar-refractivity contribution in [1.82, 2.24) is 10.2 Å². The maximum absolute atomic E-state index is 12.4. The van der Waals surface area contributed by atoms with E-state index in [2.05, 4.69) is 33.2 Å². The number of para-hydroxylation sites is 1. The summed E-state index contributed by atoms with van der Waals surface area (Å²) < 4.78 is 6.27. The lowest BCUT2D eigenvalue weighted by Crippen LogP contribution is -2.51. The number of benzene rings is 1. The Morgan fingerprint density at radius 2 is 2.00 bits per heavy atom. The van der Waals surface area contributed by atoms with Crippen LogP contribution in [0.15, 0.2) is 24.3 Å². The van der Waals surface area contributed by atoms with Gasteiger partial charge in [-0.1, -0.05) is 12.1 Å². The van der Waals surface area contributed by atoms with Gasteiger partial charge >= 0.3 is 12.1 Å². The number of piperidine rings is 1. The van der Waals surface area contributed by atoms with E-state index in [1.165, 1.54) is 0 Å². The minimum absolute atomic E-state index is 0.0887. The van der Waals surface area contributed by atoms with Crippen LogP contribution in [0, 0.1) is 3.57 Å². The third-order valence-electron chi connectivity index (χ3n) is 3.54. The van der Waals surface area contributed by atoms with E-state index in [1.807, 2.05) is 45.0 Å². The van der Waals surface area contributed by atoms with E-state index < -0.39 is 11.7 Å². The normalized spacial score (nSPS) is 18.0. The van der Waals surface area contributed by atoms with Gasteiger partial charge in [-0.15, -0.1) is 0 Å². The Labute approximate surface area is 156 Å². The Morgan fingerprint density at radius 3 is 2.67 bits per heavy atom. The molecule has 2 rings (SSSR count). The van der Waals surface area contributed by atoms with Crippen LogP contribution in [0.25, 0.3) is 0 Å². The Bertz CT molecular complexity index is 601. The van der Waals surface area contributed by atoms with Crippen LogP contribution in [0.5, 0.6) is 0 Å². The minimum atomic E-state index is -0.528. The molecular weight excluding hydrogens is 421 g/mol. The molecule has 1 saturated heterocycles. The highest BCUT2D eigenvalue weighted by molar-refractivity contribution is 14.1. The summed E-state index contributed by atoms with van der Waals surface area (Å²) in [6.07, 6.45) is 1.25. The number of hydrogen-bond donors (Lipinski definition) is 2. The average Bonchev–Trinajstić information content (AvgIpc) is 2.48. The van der Waals surface area contributed by atoms with E-state index in [0.717, 1.165) is 22.1 Å². The first-order valence-electron chi connectivity index (χ1n) is 8.04. The SMILES string of the molecule is CC(C)(C)OC(=O)N[C@@H]1CCCN(C(=O)Nc2ccccc2I)C1. The van der Waals surface area contributed by atoms with Crippen molar-refractivity contribution in [2.75, 3.05) is 18.4 Å². The Balaban J connectivity index is 1.89. The van der Waals surface area contributed by atoms with Crippen LogP contribution in [0.1, 0.15) is 33.6 Å². The summed E-state index contributed by atoms with van der Waals surface area (Å²) in [4.78, 5) is 26.1. The fourth-order valence-electron chi connectivity index (χ4n) is 2.51. The summed E-state index contributed by atoms with van der Waals surface area (Å²) in [5, 5.41) is 5.78. The van der Waals surface area contributed by atoms with Gasteiger partial charge < -0.3 is 20.3 Å². The summed E-state index contributed by atoms with van der Waals surface area (Å²) in [5.41, 5.74) is 0.269. The van der Waals surface area contributed by atoms with Gasteiger partial charge in [0.15, 0.2) is 0 Å². The number of alkyl carbamates (subject to hydrolysis) is 1. The first-order chi connectivity index (χ1) is 11.2. The lowest BCUT2D eigenvalue weighted by molar-refractivity contribution is 0.0480. The van der Waals surface area contributed by atoms with Gasteiger partial charge in [-0.25, -0.2) is 9.59 Å². The van der Waals surface area contributed by atoms with E-state index in [1.54, 1.807) is 4.90 Å². The van der Waals surface area contributed by atoms with Gasteiger partial charge in [-0.2, -0.15) is 0 Å². The van der Waals surface area contributed by atoms with E-state index in [-0.39, 0.29) is 12.1 Å². The second-order valence-corrected chi connectivity index (χ2v) is 8.00. The maximum atomic E-state index is 12.4. The number of hydrogen-bond acceptors (Lipinski definition) is 3. The second-order valence-electron chi connectivity index (χ2n) is 6.84. The number of halogens is 1. The lowest BCUT2D eigenvalue weighted by Gasteiger charge is -2.33. The molecule has 1 atom stereocenters. The highest BCUT2D eigenvalue weighted by Gasteiger charge is 2.26. The van der Waals surface area contributed by atoms with Gasteiger partial charge in [0, 0.05) is 22.7 Å². The zero-order valence-electron chi connectivity index (χ0n) is 14.3. The molecule has 0 radical (unpaired) electrons. The van der Waals surface area contributed by atoms with Crippen molar-refractivity contribution in [3.8, 4) is 0 Å². The van der Waals surface area contributed by atoms with Crippen LogP contribution in [-0.2, 0) is 4.74 Å². The molecule has 0 unspecified atom stereocenters. The number of carbonyl (C=O) groups is 2. The molecule has 0 aromatic heterocycles. The van der Waals surface area contributed by atoms with Gasteiger partial charge in [0.05, 0.1) is 5.69 Å². The number of ether oxygens (including phenoxy) is 1. The topological polar surface area (TPSA) is 70.7 Å². The fraction of sp³-hybridized carbons (Fsp3) is 0.529. The minimum Gasteiger partial charge on any atom is -0.444 e. The van der Waals surface area contributed by atoms with Crippen molar-refractivity contribution in [3.63, 3.8) is 0 Å². The highest BCUT2D eigenvalue weighted by Crippen LogP contribution is 2.19. The van der Waals surface area contributed by atoms with Gasteiger partial charge in [0.25, 0.3) is 0 Å². The van der Waals surface area contributed by atoms with Gasteiger partial charge in [0.2, 0.25) is 0 Å². The predicted molar refractivity (Wildman–Crippen MR) is 102 cm³/mol. The van der Waals surface area contributed by atoms with Crippen LogP contribution in [0.3, 0.4) is 0 Å². The molecule has 1 fully saturated rings. The number of amides is 3. The van der Waals surface area contributed by atoms with Crippen LogP contribution in [0.4, 0.5) is 15.3 Å². The number of nitrogens with zero attached hydrogens (tertiary/aromatic N) is 1. The molecule has 3 amide bonds. The Hall–Kier alpha value is -1.51. The summed E-state index contributed by atoms with van der Waals surface area (Å²) in [6.45, 7) is 6.65. The number of anilines is 1. The molecule has 0 saturated carbocycles. The fourth-order valence-corrected chi connectivity index (χ4v) is 3.03. The van der Waals surface area contributed by atoms with Crippen molar-refractivity contribution in [2.24, 2.45) is 0 Å². The van der Waals surface area contributed by atoms with Crippen LogP contribution >= 0.6 is 22.6 Å². The van der Waals surface area contributed by atoms with E-state index in [9.17, 15) is 9.59 Å². The molecule has 2 N–H and O–H groups in total. The van der Waals surface area contributed by atoms with E-state index >= 15 is 0 Å². The molecule has 1 heterocycles. The molecule has 1 aliphatic heterocycles. The molecule has 0 spiro atoms. The molecule has 6 nitrogen and oxygen atoms in total. The third kappa shape index (κ3) is 5.85. The predicted octanol–water partition coefficient (Wildman–Crippen LogP) is 3.81. The number of rotatable bonds is 2. The first-order valence-corrected chi connectivity index (χ1v) is 9.12. The van der Waals surface area contributed by atoms with Crippen molar-refractivity contribution in [2.45, 2.75) is 45.3 Å². The van der Waals surface area contributed by atoms with Crippen molar-refractivity contribution < 1.29 is 14.3 Å². The average molecular weight is 445 g/mol. The molecule has 132 valence electrons. The monoisotopic (exact) mass is 445 g/mol.